The summed E-state index contributed by atoms with van der Waals surface area (Å²) >= 11 is 11.8. The summed E-state index contributed by atoms with van der Waals surface area (Å²) in [5.74, 6) is -1.20. The molecule has 2 N–H and O–H groups in total. The smallest absolute Gasteiger partial charge is 0.320 e. The van der Waals surface area contributed by atoms with Gasteiger partial charge in [-0.25, -0.2) is 0 Å². The standard InChI is InChI=1S/C13H14Cl2N2O3/c14-8-3-1-4-9(12(8)15)16-11(18)7-17-6-2-5-10(17)13(19)20/h1,3-4,10H,2,5-7H2,(H,16,18)(H,19,20). The zero-order chi connectivity index (χ0) is 14.7. The minimum atomic E-state index is -0.893. The van der Waals surface area contributed by atoms with Crippen molar-refractivity contribution in [1.29, 1.82) is 0 Å². The molecule has 7 heteroatoms. The number of anilines is 1. The van der Waals surface area contributed by atoms with Crippen molar-refractivity contribution in [2.45, 2.75) is 18.9 Å². The van der Waals surface area contributed by atoms with Gasteiger partial charge in [0.2, 0.25) is 5.91 Å². The lowest BCUT2D eigenvalue weighted by molar-refractivity contribution is -0.142. The van der Waals surface area contributed by atoms with Crippen molar-refractivity contribution in [3.8, 4) is 0 Å². The van der Waals surface area contributed by atoms with Crippen LogP contribution in [-0.4, -0.2) is 41.0 Å². The number of aliphatic carboxylic acids is 1. The molecular weight excluding hydrogens is 303 g/mol. The molecule has 1 aliphatic heterocycles. The lowest BCUT2D eigenvalue weighted by atomic mass is 10.2. The molecule has 1 saturated heterocycles. The van der Waals surface area contributed by atoms with E-state index in [1.165, 1.54) is 0 Å². The molecule has 1 aromatic carbocycles. The van der Waals surface area contributed by atoms with Crippen LogP contribution in [0.1, 0.15) is 12.8 Å². The monoisotopic (exact) mass is 316 g/mol. The fourth-order valence-electron chi connectivity index (χ4n) is 2.27. The molecular formula is C13H14Cl2N2O3. The maximum absolute atomic E-state index is 12.0. The van der Waals surface area contributed by atoms with E-state index in [2.05, 4.69) is 5.32 Å². The molecule has 0 aliphatic carbocycles. The van der Waals surface area contributed by atoms with Crippen LogP contribution in [0.2, 0.25) is 10.0 Å². The number of hydrogen-bond acceptors (Lipinski definition) is 3. The first-order chi connectivity index (χ1) is 9.49. The topological polar surface area (TPSA) is 69.6 Å². The van der Waals surface area contributed by atoms with E-state index < -0.39 is 12.0 Å². The summed E-state index contributed by atoms with van der Waals surface area (Å²) in [6.45, 7) is 0.632. The molecule has 0 radical (unpaired) electrons. The SMILES string of the molecule is O=C(CN1CCCC1C(=O)O)Nc1cccc(Cl)c1Cl. The van der Waals surface area contributed by atoms with Crippen LogP contribution in [0.5, 0.6) is 0 Å². The highest BCUT2D eigenvalue weighted by molar-refractivity contribution is 6.43. The Morgan fingerprint density at radius 1 is 1.40 bits per heavy atom. The molecule has 108 valence electrons. The molecule has 1 aliphatic rings. The summed E-state index contributed by atoms with van der Waals surface area (Å²) in [7, 11) is 0. The maximum atomic E-state index is 12.0. The Bertz CT molecular complexity index is 536. The van der Waals surface area contributed by atoms with Gasteiger partial charge in [0.05, 0.1) is 22.3 Å². The van der Waals surface area contributed by atoms with Gasteiger partial charge in [-0.15, -0.1) is 0 Å². The molecule has 1 unspecified atom stereocenters. The van der Waals surface area contributed by atoms with Crippen LogP contribution < -0.4 is 5.32 Å². The van der Waals surface area contributed by atoms with Gasteiger partial charge in [-0.05, 0) is 31.5 Å². The Kier molecular flexibility index (Phi) is 4.86. The van der Waals surface area contributed by atoms with Crippen LogP contribution in [0.3, 0.4) is 0 Å². The molecule has 1 atom stereocenters. The number of halogens is 2. The molecule has 2 rings (SSSR count). The van der Waals surface area contributed by atoms with Crippen LogP contribution in [-0.2, 0) is 9.59 Å². The van der Waals surface area contributed by atoms with Gasteiger partial charge >= 0.3 is 5.97 Å². The number of likely N-dealkylation sites (tertiary alicyclic amines) is 1. The Hall–Kier alpha value is -1.30. The third kappa shape index (κ3) is 3.42. The second-order valence-corrected chi connectivity index (χ2v) is 5.40. The first-order valence-electron chi connectivity index (χ1n) is 6.19. The third-order valence-corrected chi connectivity index (χ3v) is 4.04. The van der Waals surface area contributed by atoms with Gasteiger partial charge in [0.1, 0.15) is 6.04 Å². The number of carbonyl (C=O) groups excluding carboxylic acids is 1. The molecule has 1 heterocycles. The largest absolute Gasteiger partial charge is 0.480 e. The average Bonchev–Trinajstić information content (AvgIpc) is 2.83. The lowest BCUT2D eigenvalue weighted by Crippen LogP contribution is -2.40. The van der Waals surface area contributed by atoms with E-state index in [-0.39, 0.29) is 17.5 Å². The molecule has 0 bridgehead atoms. The zero-order valence-electron chi connectivity index (χ0n) is 10.6. The van der Waals surface area contributed by atoms with Gasteiger partial charge in [0.15, 0.2) is 0 Å². The van der Waals surface area contributed by atoms with Crippen molar-refractivity contribution < 1.29 is 14.7 Å². The molecule has 5 nitrogen and oxygen atoms in total. The summed E-state index contributed by atoms with van der Waals surface area (Å²) in [5.41, 5.74) is 0.426. The first-order valence-corrected chi connectivity index (χ1v) is 6.95. The van der Waals surface area contributed by atoms with Crippen molar-refractivity contribution in [3.05, 3.63) is 28.2 Å². The second-order valence-electron chi connectivity index (χ2n) is 4.62. The van der Waals surface area contributed by atoms with Crippen LogP contribution in [0.15, 0.2) is 18.2 Å². The summed E-state index contributed by atoms with van der Waals surface area (Å²) in [6, 6.07) is 4.36. The zero-order valence-corrected chi connectivity index (χ0v) is 12.1. The minimum Gasteiger partial charge on any atom is -0.480 e. The van der Waals surface area contributed by atoms with Crippen LogP contribution in [0.4, 0.5) is 5.69 Å². The van der Waals surface area contributed by atoms with Crippen molar-refractivity contribution in [3.63, 3.8) is 0 Å². The number of nitrogens with one attached hydrogen (secondary N) is 1. The van der Waals surface area contributed by atoms with E-state index >= 15 is 0 Å². The molecule has 20 heavy (non-hydrogen) atoms. The van der Waals surface area contributed by atoms with Gasteiger partial charge in [-0.3, -0.25) is 14.5 Å². The van der Waals surface area contributed by atoms with Crippen molar-refractivity contribution in [1.82, 2.24) is 4.90 Å². The maximum Gasteiger partial charge on any atom is 0.320 e. The highest BCUT2D eigenvalue weighted by Gasteiger charge is 2.31. The number of benzene rings is 1. The van der Waals surface area contributed by atoms with E-state index in [0.29, 0.717) is 23.7 Å². The fraction of sp³-hybridized carbons (Fsp3) is 0.385. The van der Waals surface area contributed by atoms with Crippen LogP contribution in [0.25, 0.3) is 0 Å². The summed E-state index contributed by atoms with van der Waals surface area (Å²) in [6.07, 6.45) is 1.35. The van der Waals surface area contributed by atoms with Gasteiger partial charge in [-0.2, -0.15) is 0 Å². The molecule has 1 amide bonds. The number of rotatable bonds is 4. The Morgan fingerprint density at radius 3 is 2.85 bits per heavy atom. The predicted octanol–water partition coefficient (Wildman–Crippen LogP) is 2.48. The highest BCUT2D eigenvalue weighted by atomic mass is 35.5. The van der Waals surface area contributed by atoms with E-state index in [9.17, 15) is 9.59 Å². The number of hydrogen-bond donors (Lipinski definition) is 2. The van der Waals surface area contributed by atoms with E-state index in [1.807, 2.05) is 0 Å². The van der Waals surface area contributed by atoms with Crippen LogP contribution in [0, 0.1) is 0 Å². The molecule has 0 spiro atoms. The molecule has 0 aromatic heterocycles. The number of carbonyl (C=O) groups is 2. The minimum absolute atomic E-state index is 0.0276. The van der Waals surface area contributed by atoms with Gasteiger partial charge in [0.25, 0.3) is 0 Å². The Balaban J connectivity index is 1.99. The summed E-state index contributed by atoms with van der Waals surface area (Å²) in [4.78, 5) is 24.6. The summed E-state index contributed by atoms with van der Waals surface area (Å²) < 4.78 is 0. The van der Waals surface area contributed by atoms with Crippen LogP contribution >= 0.6 is 23.2 Å². The predicted molar refractivity (Wildman–Crippen MR) is 77.3 cm³/mol. The number of carboxylic acids is 1. The Labute approximate surface area is 126 Å². The van der Waals surface area contributed by atoms with Crippen molar-refractivity contribution in [2.75, 3.05) is 18.4 Å². The highest BCUT2D eigenvalue weighted by Crippen LogP contribution is 2.29. The molecule has 1 fully saturated rings. The number of amides is 1. The van der Waals surface area contributed by atoms with Crippen molar-refractivity contribution >= 4 is 40.8 Å². The number of nitrogens with zero attached hydrogens (tertiary/aromatic N) is 1. The van der Waals surface area contributed by atoms with Gasteiger partial charge in [-0.1, -0.05) is 29.3 Å². The average molecular weight is 317 g/mol. The number of carboxylic acid groups (broad SMARTS) is 1. The van der Waals surface area contributed by atoms with E-state index in [4.69, 9.17) is 28.3 Å². The van der Waals surface area contributed by atoms with E-state index in [1.54, 1.807) is 23.1 Å². The Morgan fingerprint density at radius 2 is 2.15 bits per heavy atom. The van der Waals surface area contributed by atoms with E-state index in [0.717, 1.165) is 6.42 Å². The first kappa shape index (κ1) is 15.1. The quantitative estimate of drug-likeness (QED) is 0.895. The van der Waals surface area contributed by atoms with Gasteiger partial charge in [0, 0.05) is 0 Å². The third-order valence-electron chi connectivity index (χ3n) is 3.22. The summed E-state index contributed by atoms with van der Waals surface area (Å²) in [5, 5.41) is 12.3. The lowest BCUT2D eigenvalue weighted by Gasteiger charge is -2.20. The fourth-order valence-corrected chi connectivity index (χ4v) is 2.62. The van der Waals surface area contributed by atoms with Gasteiger partial charge < -0.3 is 10.4 Å². The normalized spacial score (nSPS) is 19.0. The van der Waals surface area contributed by atoms with Crippen molar-refractivity contribution in [2.24, 2.45) is 0 Å². The molecule has 1 aromatic rings. The molecule has 0 saturated carbocycles. The second kappa shape index (κ2) is 6.43.